The van der Waals surface area contributed by atoms with Crippen LogP contribution in [0.25, 0.3) is 11.4 Å². The summed E-state index contributed by atoms with van der Waals surface area (Å²) >= 11 is 0. The second-order valence-corrected chi connectivity index (χ2v) is 5.07. The molecule has 1 atom stereocenters. The summed E-state index contributed by atoms with van der Waals surface area (Å²) in [7, 11) is 1.86. The van der Waals surface area contributed by atoms with Gasteiger partial charge in [0.05, 0.1) is 11.3 Å². The number of carboxylic acids is 1. The summed E-state index contributed by atoms with van der Waals surface area (Å²) in [6.45, 7) is 4.49. The zero-order valence-corrected chi connectivity index (χ0v) is 12.5. The number of rotatable bonds is 7. The van der Waals surface area contributed by atoms with Crippen LogP contribution < -0.4 is 0 Å². The largest absolute Gasteiger partial charge is 0.481 e. The minimum absolute atomic E-state index is 0.00602. The molecule has 0 aliphatic carbocycles. The van der Waals surface area contributed by atoms with E-state index in [-0.39, 0.29) is 12.3 Å². The quantitative estimate of drug-likeness (QED) is 0.821. The van der Waals surface area contributed by atoms with Crippen molar-refractivity contribution >= 4 is 5.97 Å². The predicted octanol–water partition coefficient (Wildman–Crippen LogP) is 1.14. The van der Waals surface area contributed by atoms with Gasteiger partial charge in [0.1, 0.15) is 0 Å². The van der Waals surface area contributed by atoms with Gasteiger partial charge >= 0.3 is 5.97 Å². The maximum Gasteiger partial charge on any atom is 0.303 e. The first-order valence-corrected chi connectivity index (χ1v) is 7.05. The average Bonchev–Trinajstić information content (AvgIpc) is 3.03. The number of aryl methyl sites for hydroxylation is 2. The monoisotopic (exact) mass is 292 g/mol. The van der Waals surface area contributed by atoms with E-state index in [1.807, 2.05) is 27.1 Å². The number of hydrogen-bond donors (Lipinski definition) is 1. The first-order valence-electron chi connectivity index (χ1n) is 7.05. The Kier molecular flexibility index (Phi) is 4.66. The molecule has 2 aromatic rings. The van der Waals surface area contributed by atoms with Crippen LogP contribution in [-0.4, -0.2) is 41.1 Å². The molecule has 2 aromatic heterocycles. The van der Waals surface area contributed by atoms with Crippen molar-refractivity contribution in [2.75, 3.05) is 0 Å². The molecule has 0 saturated heterocycles. The molecular weight excluding hydrogens is 272 g/mol. The Labute approximate surface area is 122 Å². The minimum atomic E-state index is -0.799. The van der Waals surface area contributed by atoms with Crippen molar-refractivity contribution < 1.29 is 9.90 Å². The van der Waals surface area contributed by atoms with Gasteiger partial charge in [0.25, 0.3) is 0 Å². The Hall–Kier alpha value is -2.25. The summed E-state index contributed by atoms with van der Waals surface area (Å²) in [5.74, 6) is -0.151. The summed E-state index contributed by atoms with van der Waals surface area (Å²) in [4.78, 5) is 10.9. The van der Waals surface area contributed by atoms with Crippen LogP contribution in [0.15, 0.2) is 6.20 Å². The van der Waals surface area contributed by atoms with Crippen LogP contribution in [-0.2, 0) is 24.8 Å². The predicted molar refractivity (Wildman–Crippen MR) is 75.4 cm³/mol. The van der Waals surface area contributed by atoms with Crippen LogP contribution in [0.1, 0.15) is 32.4 Å². The summed E-state index contributed by atoms with van der Waals surface area (Å²) in [6.07, 6.45) is 3.55. The van der Waals surface area contributed by atoms with Gasteiger partial charge in [-0.2, -0.15) is 5.10 Å². The number of nitrogens with zero attached hydrogens (tertiary/aromatic N) is 6. The molecule has 8 heteroatoms. The van der Waals surface area contributed by atoms with E-state index in [9.17, 15) is 4.79 Å². The highest BCUT2D eigenvalue weighted by atomic mass is 16.4. The van der Waals surface area contributed by atoms with E-state index >= 15 is 0 Å². The highest BCUT2D eigenvalue weighted by Crippen LogP contribution is 2.22. The number of aliphatic carboxylic acids is 1. The molecule has 0 aliphatic rings. The zero-order valence-electron chi connectivity index (χ0n) is 12.5. The van der Waals surface area contributed by atoms with Gasteiger partial charge in [0, 0.05) is 26.2 Å². The van der Waals surface area contributed by atoms with Crippen LogP contribution in [0, 0.1) is 5.92 Å². The second-order valence-electron chi connectivity index (χ2n) is 5.07. The highest BCUT2D eigenvalue weighted by molar-refractivity contribution is 5.67. The number of hydrogen-bond acceptors (Lipinski definition) is 5. The molecular formula is C13H20N6O2. The molecule has 1 N–H and O–H groups in total. The van der Waals surface area contributed by atoms with Crippen LogP contribution in [0.4, 0.5) is 0 Å². The van der Waals surface area contributed by atoms with Gasteiger partial charge < -0.3 is 5.11 Å². The third-order valence-electron chi connectivity index (χ3n) is 3.48. The van der Waals surface area contributed by atoms with Gasteiger partial charge in [-0.25, -0.2) is 4.68 Å². The lowest BCUT2D eigenvalue weighted by atomic mass is 10.0. The molecule has 114 valence electrons. The fourth-order valence-corrected chi connectivity index (χ4v) is 2.33. The maximum absolute atomic E-state index is 10.9. The van der Waals surface area contributed by atoms with E-state index in [4.69, 9.17) is 5.11 Å². The third-order valence-corrected chi connectivity index (χ3v) is 3.48. The molecule has 0 bridgehead atoms. The topological polar surface area (TPSA) is 98.7 Å². The number of tetrazole rings is 1. The average molecular weight is 292 g/mol. The SMILES string of the molecule is CCc1nn(C)cc1-c1nnnn1CC(CC)CC(=O)O. The zero-order chi connectivity index (χ0) is 15.4. The van der Waals surface area contributed by atoms with Crippen LogP contribution in [0.3, 0.4) is 0 Å². The Morgan fingerprint density at radius 3 is 2.81 bits per heavy atom. The minimum Gasteiger partial charge on any atom is -0.481 e. The van der Waals surface area contributed by atoms with Crippen molar-refractivity contribution in [1.29, 1.82) is 0 Å². The molecule has 0 aliphatic heterocycles. The van der Waals surface area contributed by atoms with E-state index in [1.165, 1.54) is 0 Å². The van der Waals surface area contributed by atoms with Crippen LogP contribution in [0.5, 0.6) is 0 Å². The lowest BCUT2D eigenvalue weighted by Gasteiger charge is -2.12. The van der Waals surface area contributed by atoms with Gasteiger partial charge in [0.2, 0.25) is 0 Å². The standard InChI is InChI=1S/C13H20N6O2/c1-4-9(6-12(20)21)7-19-13(14-16-17-19)10-8-18(3)15-11(10)5-2/h8-9H,4-7H2,1-3H3,(H,20,21). The Bertz CT molecular complexity index is 618. The second kappa shape index (κ2) is 6.47. The third kappa shape index (κ3) is 3.45. The van der Waals surface area contributed by atoms with Crippen LogP contribution in [0.2, 0.25) is 0 Å². The number of aromatic nitrogens is 6. The molecule has 2 rings (SSSR count). The van der Waals surface area contributed by atoms with Crippen molar-refractivity contribution in [1.82, 2.24) is 30.0 Å². The molecule has 0 radical (unpaired) electrons. The summed E-state index contributed by atoms with van der Waals surface area (Å²) in [6, 6.07) is 0. The Morgan fingerprint density at radius 1 is 1.43 bits per heavy atom. The summed E-state index contributed by atoms with van der Waals surface area (Å²) in [5.41, 5.74) is 1.83. The fraction of sp³-hybridized carbons (Fsp3) is 0.615. The smallest absolute Gasteiger partial charge is 0.303 e. The van der Waals surface area contributed by atoms with Crippen molar-refractivity contribution in [2.45, 2.75) is 39.7 Å². The fourth-order valence-electron chi connectivity index (χ4n) is 2.33. The van der Waals surface area contributed by atoms with Gasteiger partial charge in [-0.05, 0) is 22.8 Å². The van der Waals surface area contributed by atoms with E-state index < -0.39 is 5.97 Å². The Morgan fingerprint density at radius 2 is 2.19 bits per heavy atom. The van der Waals surface area contributed by atoms with Crippen molar-refractivity contribution in [3.05, 3.63) is 11.9 Å². The maximum atomic E-state index is 10.9. The van der Waals surface area contributed by atoms with Gasteiger partial charge in [0.15, 0.2) is 5.82 Å². The molecule has 0 spiro atoms. The molecule has 0 aromatic carbocycles. The highest BCUT2D eigenvalue weighted by Gasteiger charge is 2.19. The number of carboxylic acid groups (broad SMARTS) is 1. The van der Waals surface area contributed by atoms with Crippen molar-refractivity contribution in [3.8, 4) is 11.4 Å². The van der Waals surface area contributed by atoms with Gasteiger partial charge in [-0.1, -0.05) is 20.3 Å². The van der Waals surface area contributed by atoms with E-state index in [1.54, 1.807) is 9.36 Å². The summed E-state index contributed by atoms with van der Waals surface area (Å²) < 4.78 is 3.41. The van der Waals surface area contributed by atoms with Crippen LogP contribution >= 0.6 is 0 Å². The molecule has 2 heterocycles. The molecule has 8 nitrogen and oxygen atoms in total. The van der Waals surface area contributed by atoms with E-state index in [0.29, 0.717) is 12.4 Å². The summed E-state index contributed by atoms with van der Waals surface area (Å²) in [5, 5.41) is 25.1. The first kappa shape index (κ1) is 15.1. The Balaban J connectivity index is 2.27. The van der Waals surface area contributed by atoms with Gasteiger partial charge in [-0.3, -0.25) is 9.48 Å². The number of carbonyl (C=O) groups is 1. The lowest BCUT2D eigenvalue weighted by Crippen LogP contribution is -2.16. The lowest BCUT2D eigenvalue weighted by molar-refractivity contribution is -0.138. The molecule has 21 heavy (non-hydrogen) atoms. The van der Waals surface area contributed by atoms with E-state index in [2.05, 4.69) is 20.6 Å². The molecule has 1 unspecified atom stereocenters. The van der Waals surface area contributed by atoms with Crippen molar-refractivity contribution in [3.63, 3.8) is 0 Å². The van der Waals surface area contributed by atoms with E-state index in [0.717, 1.165) is 24.1 Å². The molecule has 0 saturated carbocycles. The van der Waals surface area contributed by atoms with Crippen molar-refractivity contribution in [2.24, 2.45) is 13.0 Å². The normalized spacial score (nSPS) is 12.5. The molecule has 0 fully saturated rings. The first-order chi connectivity index (χ1) is 10.0. The van der Waals surface area contributed by atoms with Gasteiger partial charge in [-0.15, -0.1) is 5.10 Å². The molecule has 0 amide bonds.